The largest absolute Gasteiger partial charge is 0.382 e. The van der Waals surface area contributed by atoms with Gasteiger partial charge in [0.1, 0.15) is 6.54 Å². The number of carbonyl (C=O) groups is 2. The number of primary amides is 1. The number of hydrogen-bond donors (Lipinski definition) is 3. The molecule has 0 atom stereocenters. The molecule has 20 heavy (non-hydrogen) atoms. The zero-order valence-corrected chi connectivity index (χ0v) is 11.8. The first kappa shape index (κ1) is 14.0. The van der Waals surface area contributed by atoms with Gasteiger partial charge in [0, 0.05) is 10.2 Å². The maximum absolute atomic E-state index is 11.8. The van der Waals surface area contributed by atoms with E-state index in [9.17, 15) is 9.59 Å². The van der Waals surface area contributed by atoms with E-state index in [0.29, 0.717) is 5.69 Å². The highest BCUT2D eigenvalue weighted by molar-refractivity contribution is 9.10. The number of benzene rings is 1. The number of nitrogens with one attached hydrogen (secondary N) is 1. The Bertz CT molecular complexity index is 669. The Morgan fingerprint density at radius 3 is 2.75 bits per heavy atom. The number of nitrogen functional groups attached to an aromatic ring is 1. The van der Waals surface area contributed by atoms with E-state index in [-0.39, 0.29) is 24.0 Å². The van der Waals surface area contributed by atoms with Crippen LogP contribution in [0.15, 0.2) is 28.7 Å². The number of carbonyl (C=O) groups excluding carboxylic acids is 2. The van der Waals surface area contributed by atoms with Gasteiger partial charge in [-0.3, -0.25) is 9.59 Å². The van der Waals surface area contributed by atoms with Gasteiger partial charge in [0.15, 0.2) is 11.5 Å². The molecule has 0 bridgehead atoms. The fourth-order valence-electron chi connectivity index (χ4n) is 1.52. The van der Waals surface area contributed by atoms with E-state index >= 15 is 0 Å². The molecule has 0 radical (unpaired) electrons. The molecule has 0 unspecified atom stereocenters. The predicted octanol–water partition coefficient (Wildman–Crippen LogP) is 0.360. The molecule has 2 rings (SSSR count). The van der Waals surface area contributed by atoms with Gasteiger partial charge in [0.25, 0.3) is 5.91 Å². The van der Waals surface area contributed by atoms with Crippen molar-refractivity contribution in [3.63, 3.8) is 0 Å². The third kappa shape index (κ3) is 3.12. The summed E-state index contributed by atoms with van der Waals surface area (Å²) in [6, 6.07) is 7.11. The molecule has 1 aromatic heterocycles. The summed E-state index contributed by atoms with van der Waals surface area (Å²) in [5.41, 5.74) is 11.1. The topological polar surface area (TPSA) is 129 Å². The Labute approximate surface area is 122 Å². The second kappa shape index (κ2) is 5.70. The van der Waals surface area contributed by atoms with Crippen LogP contribution in [0.4, 0.5) is 11.5 Å². The molecular formula is C11H11BrN6O2. The number of hydrogen-bond acceptors (Lipinski definition) is 5. The van der Waals surface area contributed by atoms with Crippen LogP contribution in [0.3, 0.4) is 0 Å². The summed E-state index contributed by atoms with van der Waals surface area (Å²) in [7, 11) is 0. The lowest BCUT2D eigenvalue weighted by atomic mass is 10.3. The van der Waals surface area contributed by atoms with Gasteiger partial charge < -0.3 is 16.8 Å². The van der Waals surface area contributed by atoms with Crippen molar-refractivity contribution in [2.45, 2.75) is 6.54 Å². The third-order valence-corrected chi connectivity index (χ3v) is 2.90. The molecule has 104 valence electrons. The van der Waals surface area contributed by atoms with Gasteiger partial charge >= 0.3 is 0 Å². The Morgan fingerprint density at radius 2 is 2.15 bits per heavy atom. The van der Waals surface area contributed by atoms with Crippen LogP contribution in [0.1, 0.15) is 10.5 Å². The molecule has 8 nitrogen and oxygen atoms in total. The Morgan fingerprint density at radius 1 is 1.40 bits per heavy atom. The van der Waals surface area contributed by atoms with E-state index < -0.39 is 5.91 Å². The van der Waals surface area contributed by atoms with Gasteiger partial charge in [-0.2, -0.15) is 0 Å². The van der Waals surface area contributed by atoms with Crippen LogP contribution in [0.2, 0.25) is 0 Å². The number of rotatable bonds is 4. The highest BCUT2D eigenvalue weighted by Gasteiger charge is 2.16. The summed E-state index contributed by atoms with van der Waals surface area (Å²) in [5, 5.41) is 9.79. The smallest absolute Gasteiger partial charge is 0.273 e. The standard InChI is InChI=1S/C11H11BrN6O2/c12-6-2-1-3-7(4-6)15-8(19)5-18-10(13)9(11(14)20)16-17-18/h1-4H,5,13H2,(H2,14,20)(H,15,19). The maximum Gasteiger partial charge on any atom is 0.273 e. The van der Waals surface area contributed by atoms with Crippen molar-refractivity contribution in [3.8, 4) is 0 Å². The minimum absolute atomic E-state index is 0.0399. The summed E-state index contributed by atoms with van der Waals surface area (Å²) >= 11 is 3.30. The third-order valence-electron chi connectivity index (χ3n) is 2.41. The molecule has 2 aromatic rings. The molecule has 0 aliphatic rings. The highest BCUT2D eigenvalue weighted by Crippen LogP contribution is 2.15. The first-order valence-electron chi connectivity index (χ1n) is 5.51. The molecule has 1 heterocycles. The number of nitrogens with zero attached hydrogens (tertiary/aromatic N) is 3. The highest BCUT2D eigenvalue weighted by atomic mass is 79.9. The molecule has 0 saturated carbocycles. The summed E-state index contributed by atoms with van der Waals surface area (Å²) < 4.78 is 1.94. The van der Waals surface area contributed by atoms with Gasteiger partial charge in [-0.1, -0.05) is 27.2 Å². The molecule has 0 spiro atoms. The molecule has 9 heteroatoms. The van der Waals surface area contributed by atoms with E-state index in [1.807, 2.05) is 6.07 Å². The number of anilines is 2. The van der Waals surface area contributed by atoms with Crippen LogP contribution in [0.5, 0.6) is 0 Å². The average Bonchev–Trinajstić information content (AvgIpc) is 2.71. The Balaban J connectivity index is 2.07. The number of amides is 2. The van der Waals surface area contributed by atoms with Gasteiger partial charge in [0.05, 0.1) is 0 Å². The van der Waals surface area contributed by atoms with Crippen LogP contribution < -0.4 is 16.8 Å². The lowest BCUT2D eigenvalue weighted by Gasteiger charge is -2.06. The quantitative estimate of drug-likeness (QED) is 0.741. The summed E-state index contributed by atoms with van der Waals surface area (Å²) in [6.45, 7) is -0.168. The van der Waals surface area contributed by atoms with Crippen LogP contribution in [-0.4, -0.2) is 26.8 Å². The maximum atomic E-state index is 11.8. The van der Waals surface area contributed by atoms with Crippen molar-refractivity contribution >= 4 is 39.2 Å². The first-order valence-corrected chi connectivity index (χ1v) is 6.31. The Hall–Kier alpha value is -2.42. The van der Waals surface area contributed by atoms with Crippen LogP contribution in [-0.2, 0) is 11.3 Å². The molecule has 2 amide bonds. The monoisotopic (exact) mass is 338 g/mol. The van der Waals surface area contributed by atoms with E-state index in [4.69, 9.17) is 11.5 Å². The van der Waals surface area contributed by atoms with Gasteiger partial charge in [0.2, 0.25) is 5.91 Å². The van der Waals surface area contributed by atoms with Gasteiger partial charge in [-0.15, -0.1) is 5.10 Å². The Kier molecular flexibility index (Phi) is 3.99. The SMILES string of the molecule is NC(=O)c1nnn(CC(=O)Nc2cccc(Br)c2)c1N. The number of halogens is 1. The van der Waals surface area contributed by atoms with Gasteiger partial charge in [-0.05, 0) is 18.2 Å². The van der Waals surface area contributed by atoms with Crippen molar-refractivity contribution in [3.05, 3.63) is 34.4 Å². The van der Waals surface area contributed by atoms with Crippen molar-refractivity contribution in [2.24, 2.45) is 5.73 Å². The average molecular weight is 339 g/mol. The fourth-order valence-corrected chi connectivity index (χ4v) is 1.91. The molecular weight excluding hydrogens is 328 g/mol. The minimum atomic E-state index is -0.791. The normalized spacial score (nSPS) is 10.2. The summed E-state index contributed by atoms with van der Waals surface area (Å²) in [6.07, 6.45) is 0. The lowest BCUT2D eigenvalue weighted by molar-refractivity contribution is -0.116. The van der Waals surface area contributed by atoms with E-state index in [2.05, 4.69) is 31.6 Å². The lowest BCUT2D eigenvalue weighted by Crippen LogP contribution is -2.21. The molecule has 0 saturated heterocycles. The first-order chi connectivity index (χ1) is 9.47. The molecule has 5 N–H and O–H groups in total. The zero-order valence-electron chi connectivity index (χ0n) is 10.2. The van der Waals surface area contributed by atoms with Crippen LogP contribution in [0.25, 0.3) is 0 Å². The van der Waals surface area contributed by atoms with Crippen molar-refractivity contribution < 1.29 is 9.59 Å². The molecule has 0 aliphatic carbocycles. The molecule has 0 fully saturated rings. The summed E-state index contributed by atoms with van der Waals surface area (Å²) in [4.78, 5) is 22.8. The van der Waals surface area contributed by atoms with Crippen molar-refractivity contribution in [2.75, 3.05) is 11.1 Å². The second-order valence-electron chi connectivity index (χ2n) is 3.90. The number of aromatic nitrogens is 3. The van der Waals surface area contributed by atoms with Crippen LogP contribution >= 0.6 is 15.9 Å². The van der Waals surface area contributed by atoms with Gasteiger partial charge in [-0.25, -0.2) is 4.68 Å². The van der Waals surface area contributed by atoms with E-state index in [1.54, 1.807) is 18.2 Å². The van der Waals surface area contributed by atoms with Crippen molar-refractivity contribution in [1.82, 2.24) is 15.0 Å². The second-order valence-corrected chi connectivity index (χ2v) is 4.82. The molecule has 1 aromatic carbocycles. The summed E-state index contributed by atoms with van der Waals surface area (Å²) in [5.74, 6) is -1.18. The predicted molar refractivity (Wildman–Crippen MR) is 75.7 cm³/mol. The van der Waals surface area contributed by atoms with E-state index in [0.717, 1.165) is 9.15 Å². The van der Waals surface area contributed by atoms with Crippen LogP contribution in [0, 0.1) is 0 Å². The zero-order chi connectivity index (χ0) is 14.7. The fraction of sp³-hybridized carbons (Fsp3) is 0.0909. The van der Waals surface area contributed by atoms with E-state index in [1.165, 1.54) is 0 Å². The number of nitrogens with two attached hydrogens (primary N) is 2. The van der Waals surface area contributed by atoms with Crippen molar-refractivity contribution in [1.29, 1.82) is 0 Å². The minimum Gasteiger partial charge on any atom is -0.382 e. The molecule has 0 aliphatic heterocycles.